The smallest absolute Gasteiger partial charge is 0.320 e. The highest BCUT2D eigenvalue weighted by atomic mass is 32.2. The van der Waals surface area contributed by atoms with Gasteiger partial charge in [0.2, 0.25) is 0 Å². The number of carboxylic acids is 3. The average Bonchev–Trinajstić information content (AvgIpc) is 2.56. The maximum Gasteiger partial charge on any atom is 0.320 e. The zero-order valence-corrected chi connectivity index (χ0v) is 16.2. The zero-order chi connectivity index (χ0) is 21.7. The lowest BCUT2D eigenvalue weighted by atomic mass is 10.1. The third-order valence-electron chi connectivity index (χ3n) is 3.59. The van der Waals surface area contributed by atoms with E-state index >= 15 is 0 Å². The number of carbonyl (C=O) groups excluding carboxylic acids is 1. The Bertz CT molecular complexity index is 701. The first kappa shape index (κ1) is 25.7. The minimum absolute atomic E-state index is 0.105. The number of Topliss-reactive ketones (excluding diaryl/α,β-unsaturated/α-hetero) is 1. The first-order chi connectivity index (χ1) is 12.9. The molecule has 0 radical (unpaired) electrons. The van der Waals surface area contributed by atoms with Crippen LogP contribution in [0.15, 0.2) is 4.99 Å². The van der Waals surface area contributed by atoms with Crippen LogP contribution in [0.3, 0.4) is 0 Å². The van der Waals surface area contributed by atoms with Crippen LogP contribution in [-0.4, -0.2) is 77.2 Å². The van der Waals surface area contributed by atoms with E-state index in [1.807, 2.05) is 0 Å². The Morgan fingerprint density at radius 3 is 1.96 bits per heavy atom. The van der Waals surface area contributed by atoms with Gasteiger partial charge in [-0.1, -0.05) is 0 Å². The topological polar surface area (TPSA) is 201 Å². The number of nitrogens with zero attached hydrogens (tertiary/aromatic N) is 1. The van der Waals surface area contributed by atoms with Gasteiger partial charge in [-0.2, -0.15) is 0 Å². The van der Waals surface area contributed by atoms with E-state index < -0.39 is 63.9 Å². The molecule has 12 heteroatoms. The minimum atomic E-state index is -3.91. The number of carboxylic acid groups (broad SMARTS) is 3. The van der Waals surface area contributed by atoms with Crippen molar-refractivity contribution < 1.29 is 42.9 Å². The van der Waals surface area contributed by atoms with Gasteiger partial charge in [0.25, 0.3) is 0 Å². The quantitative estimate of drug-likeness (QED) is 0.189. The molecule has 0 saturated heterocycles. The molecule has 0 saturated carbocycles. The molecule has 0 heterocycles. The lowest BCUT2D eigenvalue weighted by molar-refractivity contribution is -0.139. The molecule has 0 aromatic rings. The number of rotatable bonds is 16. The predicted molar refractivity (Wildman–Crippen MR) is 99.2 cm³/mol. The summed E-state index contributed by atoms with van der Waals surface area (Å²) in [5, 5.41) is 26.0. The number of unbranched alkanes of at least 4 members (excludes halogenated alkanes) is 1. The van der Waals surface area contributed by atoms with Crippen LogP contribution in [-0.2, 0) is 29.0 Å². The fourth-order valence-electron chi connectivity index (χ4n) is 2.15. The normalized spacial score (nSPS) is 13.1. The predicted octanol–water partition coefficient (Wildman–Crippen LogP) is -0.277. The molecule has 0 unspecified atom stereocenters. The molecule has 0 aliphatic carbocycles. The number of sulfone groups is 1. The molecule has 28 heavy (non-hydrogen) atoms. The van der Waals surface area contributed by atoms with Gasteiger partial charge in [-0.25, -0.2) is 8.42 Å². The van der Waals surface area contributed by atoms with Crippen molar-refractivity contribution in [1.29, 1.82) is 0 Å². The first-order valence-electron chi connectivity index (χ1n) is 8.59. The van der Waals surface area contributed by atoms with Crippen LogP contribution in [0, 0.1) is 0 Å². The van der Waals surface area contributed by atoms with Gasteiger partial charge < -0.3 is 21.1 Å². The third kappa shape index (κ3) is 13.8. The van der Waals surface area contributed by atoms with E-state index in [0.717, 1.165) is 0 Å². The third-order valence-corrected chi connectivity index (χ3v) is 5.12. The van der Waals surface area contributed by atoms with Crippen LogP contribution < -0.4 is 5.73 Å². The Balaban J connectivity index is 4.75. The number of hydrogen-bond acceptors (Lipinski definition) is 8. The highest BCUT2D eigenvalue weighted by Crippen LogP contribution is 2.05. The number of hydrogen-bond donors (Lipinski definition) is 4. The van der Waals surface area contributed by atoms with Crippen molar-refractivity contribution in [3.63, 3.8) is 0 Å². The molecule has 0 rings (SSSR count). The summed E-state index contributed by atoms with van der Waals surface area (Å²) in [6.45, 7) is 0.170. The van der Waals surface area contributed by atoms with E-state index in [0.29, 0.717) is 12.8 Å². The Kier molecular flexibility index (Phi) is 11.9. The van der Waals surface area contributed by atoms with Crippen LogP contribution >= 0.6 is 0 Å². The van der Waals surface area contributed by atoms with Crippen LogP contribution in [0.25, 0.3) is 0 Å². The van der Waals surface area contributed by atoms with Crippen molar-refractivity contribution in [3.05, 3.63) is 0 Å². The van der Waals surface area contributed by atoms with E-state index in [1.165, 1.54) is 0 Å². The molecule has 0 aliphatic heterocycles. The Morgan fingerprint density at radius 2 is 1.43 bits per heavy atom. The second-order valence-corrected chi connectivity index (χ2v) is 8.31. The molecule has 11 nitrogen and oxygen atoms in total. The lowest BCUT2D eigenvalue weighted by Gasteiger charge is -2.08. The second-order valence-electron chi connectivity index (χ2n) is 6.25. The van der Waals surface area contributed by atoms with E-state index in [1.54, 1.807) is 0 Å². The molecule has 0 amide bonds. The van der Waals surface area contributed by atoms with Crippen molar-refractivity contribution in [2.45, 2.75) is 51.0 Å². The van der Waals surface area contributed by atoms with Crippen molar-refractivity contribution >= 4 is 39.2 Å². The summed E-state index contributed by atoms with van der Waals surface area (Å²) >= 11 is 0. The minimum Gasteiger partial charge on any atom is -0.481 e. The summed E-state index contributed by atoms with van der Waals surface area (Å²) in [6, 6.07) is -0.993. The summed E-state index contributed by atoms with van der Waals surface area (Å²) in [5.41, 5.74) is 5.47. The van der Waals surface area contributed by atoms with Crippen LogP contribution in [0.1, 0.15) is 44.9 Å². The van der Waals surface area contributed by atoms with Gasteiger partial charge in [0.05, 0.1) is 18.6 Å². The summed E-state index contributed by atoms with van der Waals surface area (Å²) < 4.78 is 24.2. The molecular weight excluding hydrogens is 396 g/mol. The fourth-order valence-corrected chi connectivity index (χ4v) is 3.63. The number of aliphatic imine (C=N–C) groups is 1. The largest absolute Gasteiger partial charge is 0.481 e. The number of carbonyl (C=O) groups is 4. The summed E-state index contributed by atoms with van der Waals surface area (Å²) in [6.07, 6.45) is -0.186. The van der Waals surface area contributed by atoms with Crippen molar-refractivity contribution in [2.24, 2.45) is 10.7 Å². The van der Waals surface area contributed by atoms with Gasteiger partial charge in [-0.15, -0.1) is 0 Å². The molecule has 1 atom stereocenters. The average molecular weight is 422 g/mol. The number of ketones is 1. The van der Waals surface area contributed by atoms with Gasteiger partial charge in [-0.05, 0) is 25.7 Å². The summed E-state index contributed by atoms with van der Waals surface area (Å²) in [4.78, 5) is 47.4. The highest BCUT2D eigenvalue weighted by molar-refractivity contribution is 7.92. The van der Waals surface area contributed by atoms with Crippen molar-refractivity contribution in [1.82, 2.24) is 0 Å². The van der Waals surface area contributed by atoms with E-state index in [4.69, 9.17) is 21.1 Å². The highest BCUT2D eigenvalue weighted by Gasteiger charge is 2.20. The van der Waals surface area contributed by atoms with Gasteiger partial charge in [-0.3, -0.25) is 24.2 Å². The summed E-state index contributed by atoms with van der Waals surface area (Å²) in [5.74, 6) is -5.62. The molecule has 0 spiro atoms. The van der Waals surface area contributed by atoms with Gasteiger partial charge in [0.15, 0.2) is 9.84 Å². The molecule has 0 aliphatic rings. The van der Waals surface area contributed by atoms with Crippen molar-refractivity contribution in [3.8, 4) is 0 Å². The maximum atomic E-state index is 12.1. The number of nitrogens with two attached hydrogens (primary N) is 1. The van der Waals surface area contributed by atoms with E-state index in [-0.39, 0.29) is 31.5 Å². The van der Waals surface area contributed by atoms with Gasteiger partial charge >= 0.3 is 17.9 Å². The van der Waals surface area contributed by atoms with Crippen LogP contribution in [0.4, 0.5) is 0 Å². The Hall–Kier alpha value is -2.34. The van der Waals surface area contributed by atoms with Crippen LogP contribution in [0.2, 0.25) is 0 Å². The fraction of sp³-hybridized carbons (Fsp3) is 0.688. The SMILES string of the molecule is N[C@@H](CCCCN=C(CCC(=O)O)CS(=O)(=O)CC(=O)CCC(=O)O)C(=O)O. The van der Waals surface area contributed by atoms with Gasteiger partial charge in [0.1, 0.15) is 17.6 Å². The Labute approximate surface area is 162 Å². The van der Waals surface area contributed by atoms with Crippen LogP contribution in [0.5, 0.6) is 0 Å². The standard InChI is InChI=1S/C16H26N2O9S/c17-13(16(24)25)3-1-2-8-18-11(4-6-14(20)21)9-28(26,27)10-12(19)5-7-15(22)23/h13H,1-10,17H2,(H,20,21)(H,22,23)(H,24,25)/t13-/m0/s1. The number of aliphatic carboxylic acids is 3. The van der Waals surface area contributed by atoms with E-state index in [2.05, 4.69) is 4.99 Å². The molecule has 160 valence electrons. The first-order valence-corrected chi connectivity index (χ1v) is 10.4. The van der Waals surface area contributed by atoms with Crippen molar-refractivity contribution in [2.75, 3.05) is 18.1 Å². The lowest BCUT2D eigenvalue weighted by Crippen LogP contribution is -2.29. The maximum absolute atomic E-state index is 12.1. The van der Waals surface area contributed by atoms with E-state index in [9.17, 15) is 27.6 Å². The molecule has 0 fully saturated rings. The monoisotopic (exact) mass is 422 g/mol. The molecule has 0 bridgehead atoms. The van der Waals surface area contributed by atoms with Gasteiger partial charge in [0, 0.05) is 18.7 Å². The molecule has 0 aromatic carbocycles. The summed E-state index contributed by atoms with van der Waals surface area (Å²) in [7, 11) is -3.91. The second kappa shape index (κ2) is 12.9. The molecular formula is C16H26N2O9S. The zero-order valence-electron chi connectivity index (χ0n) is 15.4. The molecule has 0 aromatic heterocycles. The molecule has 5 N–H and O–H groups in total. The Morgan fingerprint density at radius 1 is 0.857 bits per heavy atom.